The topological polar surface area (TPSA) is 29.1 Å². The molecule has 0 aromatic rings. The molecule has 19 heavy (non-hydrogen) atoms. The summed E-state index contributed by atoms with van der Waals surface area (Å²) in [6.45, 7) is 0.648. The summed E-state index contributed by atoms with van der Waals surface area (Å²) in [5.41, 5.74) is 0. The SMILES string of the molecule is O=C(NCC1CCCC(Cl)C1)C1CCC(F)(F)CC1. The van der Waals surface area contributed by atoms with Crippen molar-refractivity contribution in [2.45, 2.75) is 62.7 Å². The molecule has 0 bridgehead atoms. The highest BCUT2D eigenvalue weighted by atomic mass is 35.5. The average molecular weight is 294 g/mol. The van der Waals surface area contributed by atoms with Gasteiger partial charge in [-0.05, 0) is 38.0 Å². The molecule has 2 unspecified atom stereocenters. The van der Waals surface area contributed by atoms with E-state index in [0.29, 0.717) is 25.3 Å². The Kier molecular flexibility index (Phi) is 5.04. The van der Waals surface area contributed by atoms with Gasteiger partial charge < -0.3 is 5.32 Å². The predicted octanol–water partition coefficient (Wildman–Crippen LogP) is 3.73. The maximum atomic E-state index is 13.0. The quantitative estimate of drug-likeness (QED) is 0.789. The van der Waals surface area contributed by atoms with Crippen LogP contribution in [0, 0.1) is 11.8 Å². The van der Waals surface area contributed by atoms with Gasteiger partial charge in [0.25, 0.3) is 0 Å². The van der Waals surface area contributed by atoms with Crippen LogP contribution in [0.5, 0.6) is 0 Å². The first-order valence-electron chi connectivity index (χ1n) is 7.26. The molecule has 2 atom stereocenters. The number of hydrogen-bond acceptors (Lipinski definition) is 1. The minimum Gasteiger partial charge on any atom is -0.356 e. The lowest BCUT2D eigenvalue weighted by Gasteiger charge is -2.29. The van der Waals surface area contributed by atoms with Crippen molar-refractivity contribution < 1.29 is 13.6 Å². The van der Waals surface area contributed by atoms with E-state index in [-0.39, 0.29) is 30.0 Å². The lowest BCUT2D eigenvalue weighted by atomic mass is 9.85. The minimum absolute atomic E-state index is 0.0489. The van der Waals surface area contributed by atoms with Crippen molar-refractivity contribution in [1.82, 2.24) is 5.32 Å². The van der Waals surface area contributed by atoms with Crippen LogP contribution in [-0.2, 0) is 4.79 Å². The summed E-state index contributed by atoms with van der Waals surface area (Å²) in [5, 5.41) is 3.15. The third-order valence-electron chi connectivity index (χ3n) is 4.37. The van der Waals surface area contributed by atoms with Gasteiger partial charge in [-0.15, -0.1) is 11.6 Å². The normalized spacial score (nSPS) is 31.9. The molecule has 2 fully saturated rings. The molecular weight excluding hydrogens is 272 g/mol. The van der Waals surface area contributed by atoms with Gasteiger partial charge >= 0.3 is 0 Å². The Morgan fingerprint density at radius 1 is 1.21 bits per heavy atom. The van der Waals surface area contributed by atoms with Crippen LogP contribution in [0.15, 0.2) is 0 Å². The first-order valence-corrected chi connectivity index (χ1v) is 7.69. The van der Waals surface area contributed by atoms with Gasteiger partial charge in [-0.1, -0.05) is 6.42 Å². The molecule has 0 aromatic carbocycles. The van der Waals surface area contributed by atoms with Gasteiger partial charge in [0.2, 0.25) is 11.8 Å². The zero-order valence-corrected chi connectivity index (χ0v) is 11.9. The molecule has 1 amide bonds. The van der Waals surface area contributed by atoms with Gasteiger partial charge in [0.15, 0.2) is 0 Å². The number of carbonyl (C=O) groups excluding carboxylic acids is 1. The fourth-order valence-corrected chi connectivity index (χ4v) is 3.51. The summed E-state index contributed by atoms with van der Waals surface area (Å²) in [6.07, 6.45) is 4.53. The third kappa shape index (κ3) is 4.59. The molecule has 0 aromatic heterocycles. The molecule has 0 radical (unpaired) electrons. The van der Waals surface area contributed by atoms with E-state index >= 15 is 0 Å². The van der Waals surface area contributed by atoms with Crippen LogP contribution >= 0.6 is 11.6 Å². The lowest BCUT2D eigenvalue weighted by Crippen LogP contribution is -2.38. The molecule has 1 N–H and O–H groups in total. The van der Waals surface area contributed by atoms with E-state index in [2.05, 4.69) is 5.32 Å². The van der Waals surface area contributed by atoms with Crippen LogP contribution in [0.2, 0.25) is 0 Å². The number of nitrogens with one attached hydrogen (secondary N) is 1. The number of halogens is 3. The molecular formula is C14H22ClF2NO. The Morgan fingerprint density at radius 3 is 2.53 bits per heavy atom. The van der Waals surface area contributed by atoms with Crippen LogP contribution in [0.3, 0.4) is 0 Å². The molecule has 0 spiro atoms. The van der Waals surface area contributed by atoms with Gasteiger partial charge in [-0.25, -0.2) is 8.78 Å². The summed E-state index contributed by atoms with van der Waals surface area (Å²) in [4.78, 5) is 11.9. The van der Waals surface area contributed by atoms with Gasteiger partial charge in [-0.3, -0.25) is 4.79 Å². The third-order valence-corrected chi connectivity index (χ3v) is 4.77. The fourth-order valence-electron chi connectivity index (χ4n) is 3.10. The standard InChI is InChI=1S/C14H22ClF2NO/c15-12-3-1-2-10(8-12)9-18-13(19)11-4-6-14(16,17)7-5-11/h10-12H,1-9H2,(H,18,19). The lowest BCUT2D eigenvalue weighted by molar-refractivity contribution is -0.129. The molecule has 2 aliphatic carbocycles. The zero-order chi connectivity index (χ0) is 13.9. The first kappa shape index (κ1) is 15.0. The highest BCUT2D eigenvalue weighted by Gasteiger charge is 2.37. The largest absolute Gasteiger partial charge is 0.356 e. The molecule has 2 aliphatic rings. The Labute approximate surface area is 118 Å². The maximum absolute atomic E-state index is 13.0. The molecule has 2 nitrogen and oxygen atoms in total. The number of carbonyl (C=O) groups is 1. The monoisotopic (exact) mass is 293 g/mol. The van der Waals surface area contributed by atoms with Crippen LogP contribution in [-0.4, -0.2) is 23.8 Å². The second kappa shape index (κ2) is 6.38. The summed E-state index contributed by atoms with van der Waals surface area (Å²) < 4.78 is 26.0. The fraction of sp³-hybridized carbons (Fsp3) is 0.929. The predicted molar refractivity (Wildman–Crippen MR) is 71.5 cm³/mol. The van der Waals surface area contributed by atoms with Crippen molar-refractivity contribution in [3.05, 3.63) is 0 Å². The maximum Gasteiger partial charge on any atom is 0.248 e. The molecule has 5 heteroatoms. The van der Waals surface area contributed by atoms with E-state index in [1.807, 2.05) is 0 Å². The number of amides is 1. The Balaban J connectivity index is 1.70. The van der Waals surface area contributed by atoms with Gasteiger partial charge in [0, 0.05) is 30.7 Å². The number of hydrogen-bond donors (Lipinski definition) is 1. The van der Waals surface area contributed by atoms with Crippen LogP contribution in [0.4, 0.5) is 8.78 Å². The number of rotatable bonds is 3. The van der Waals surface area contributed by atoms with Crippen LogP contribution in [0.1, 0.15) is 51.4 Å². The summed E-state index contributed by atoms with van der Waals surface area (Å²) in [7, 11) is 0. The van der Waals surface area contributed by atoms with Gasteiger partial charge in [0.1, 0.15) is 0 Å². The van der Waals surface area contributed by atoms with Crippen molar-refractivity contribution in [2.24, 2.45) is 11.8 Å². The van der Waals surface area contributed by atoms with Gasteiger partial charge in [-0.2, -0.15) is 0 Å². The van der Waals surface area contributed by atoms with Gasteiger partial charge in [0.05, 0.1) is 0 Å². The average Bonchev–Trinajstić information content (AvgIpc) is 2.36. The number of alkyl halides is 3. The molecule has 2 rings (SSSR count). The summed E-state index contributed by atoms with van der Waals surface area (Å²) in [5.74, 6) is -2.39. The second-order valence-electron chi connectivity index (χ2n) is 6.01. The van der Waals surface area contributed by atoms with Crippen molar-refractivity contribution in [3.8, 4) is 0 Å². The smallest absolute Gasteiger partial charge is 0.248 e. The highest BCUT2D eigenvalue weighted by molar-refractivity contribution is 6.20. The Bertz CT molecular complexity index is 315. The summed E-state index contributed by atoms with van der Waals surface area (Å²) >= 11 is 6.11. The molecule has 0 heterocycles. The minimum atomic E-state index is -2.56. The van der Waals surface area contributed by atoms with E-state index in [0.717, 1.165) is 25.7 Å². The van der Waals surface area contributed by atoms with E-state index < -0.39 is 5.92 Å². The summed E-state index contributed by atoms with van der Waals surface area (Å²) in [6, 6.07) is 0. The van der Waals surface area contributed by atoms with E-state index in [4.69, 9.17) is 11.6 Å². The van der Waals surface area contributed by atoms with Crippen molar-refractivity contribution in [3.63, 3.8) is 0 Å². The first-order chi connectivity index (χ1) is 8.96. The molecule has 2 saturated carbocycles. The van der Waals surface area contributed by atoms with Crippen molar-refractivity contribution in [1.29, 1.82) is 0 Å². The van der Waals surface area contributed by atoms with Crippen LogP contribution in [0.25, 0.3) is 0 Å². The zero-order valence-electron chi connectivity index (χ0n) is 11.1. The molecule has 110 valence electrons. The second-order valence-corrected chi connectivity index (χ2v) is 6.62. The Hall–Kier alpha value is -0.380. The van der Waals surface area contributed by atoms with Crippen molar-refractivity contribution in [2.75, 3.05) is 6.54 Å². The Morgan fingerprint density at radius 2 is 1.89 bits per heavy atom. The van der Waals surface area contributed by atoms with E-state index in [9.17, 15) is 13.6 Å². The highest BCUT2D eigenvalue weighted by Crippen LogP contribution is 2.36. The van der Waals surface area contributed by atoms with E-state index in [1.54, 1.807) is 0 Å². The van der Waals surface area contributed by atoms with Crippen molar-refractivity contribution >= 4 is 17.5 Å². The van der Waals surface area contributed by atoms with Crippen LogP contribution < -0.4 is 5.32 Å². The van der Waals surface area contributed by atoms with E-state index in [1.165, 1.54) is 0 Å². The molecule has 0 saturated heterocycles. The molecule has 0 aliphatic heterocycles.